The highest BCUT2D eigenvalue weighted by atomic mass is 14.4. The molecule has 0 aromatic carbocycles. The van der Waals surface area contributed by atoms with Crippen LogP contribution in [0.4, 0.5) is 0 Å². The Morgan fingerprint density at radius 2 is 1.12 bits per heavy atom. The first-order chi connectivity index (χ1) is 6.89. The molecular formula is C15H31B. The van der Waals surface area contributed by atoms with Gasteiger partial charge in [-0.1, -0.05) is 68.1 Å². The zero-order chi connectivity index (χ0) is 13.3. The van der Waals surface area contributed by atoms with Crippen molar-refractivity contribution in [2.75, 3.05) is 0 Å². The van der Waals surface area contributed by atoms with Gasteiger partial charge in [-0.05, 0) is 28.6 Å². The summed E-state index contributed by atoms with van der Waals surface area (Å²) >= 11 is 0. The largest absolute Gasteiger partial charge is 0.0774 e. The minimum atomic E-state index is 0.272. The van der Waals surface area contributed by atoms with Crippen molar-refractivity contribution in [2.24, 2.45) is 28.6 Å². The lowest BCUT2D eigenvalue weighted by Crippen LogP contribution is -2.39. The van der Waals surface area contributed by atoms with E-state index in [0.29, 0.717) is 28.6 Å². The summed E-state index contributed by atoms with van der Waals surface area (Å²) in [4.78, 5) is 0. The smallest absolute Gasteiger partial charge is 0.0699 e. The molecule has 4 atom stereocenters. The van der Waals surface area contributed by atoms with E-state index in [1.54, 1.807) is 0 Å². The maximum absolute atomic E-state index is 6.11. The summed E-state index contributed by atoms with van der Waals surface area (Å²) in [5.41, 5.74) is 0.667. The van der Waals surface area contributed by atoms with Gasteiger partial charge in [0.05, 0.1) is 7.85 Å². The van der Waals surface area contributed by atoms with Crippen LogP contribution >= 0.6 is 0 Å². The van der Waals surface area contributed by atoms with Crippen LogP contribution in [0.15, 0.2) is 0 Å². The van der Waals surface area contributed by atoms with E-state index in [0.717, 1.165) is 0 Å². The number of hydrogen-bond acceptors (Lipinski definition) is 0. The van der Waals surface area contributed by atoms with Crippen LogP contribution in [-0.4, -0.2) is 7.85 Å². The molecule has 0 amide bonds. The summed E-state index contributed by atoms with van der Waals surface area (Å²) in [6.07, 6.45) is 0. The van der Waals surface area contributed by atoms with Crippen molar-refractivity contribution in [3.63, 3.8) is 0 Å². The first kappa shape index (κ1) is 16.1. The molecule has 0 aromatic heterocycles. The first-order valence-electron chi connectivity index (χ1n) is 6.64. The van der Waals surface area contributed by atoms with Crippen LogP contribution in [0.25, 0.3) is 0 Å². The molecule has 0 aromatic rings. The third-order valence-electron chi connectivity index (χ3n) is 4.30. The van der Waals surface area contributed by atoms with Gasteiger partial charge in [0.25, 0.3) is 0 Å². The van der Waals surface area contributed by atoms with Crippen molar-refractivity contribution < 1.29 is 0 Å². The van der Waals surface area contributed by atoms with E-state index in [1.807, 2.05) is 0 Å². The zero-order valence-corrected chi connectivity index (χ0v) is 12.9. The highest BCUT2D eigenvalue weighted by Gasteiger charge is 2.39. The van der Waals surface area contributed by atoms with Crippen LogP contribution in [0, 0.1) is 28.6 Å². The SMILES string of the molecule is [B]C(C)C(C)C(C(C)C(C)(C)C)C(C)(C)C. The number of hydrogen-bond donors (Lipinski definition) is 0. The molecule has 16 heavy (non-hydrogen) atoms. The van der Waals surface area contributed by atoms with Crippen molar-refractivity contribution in [3.8, 4) is 0 Å². The molecule has 0 bridgehead atoms. The molecule has 0 aliphatic heterocycles. The second kappa shape index (κ2) is 5.15. The lowest BCUT2D eigenvalue weighted by Gasteiger charge is -2.46. The van der Waals surface area contributed by atoms with Crippen LogP contribution in [0.3, 0.4) is 0 Å². The zero-order valence-electron chi connectivity index (χ0n) is 12.9. The Balaban J connectivity index is 5.12. The maximum Gasteiger partial charge on any atom is 0.0699 e. The summed E-state index contributed by atoms with van der Waals surface area (Å²) in [5, 5.41) is 0. The van der Waals surface area contributed by atoms with Crippen molar-refractivity contribution in [1.29, 1.82) is 0 Å². The normalized spacial score (nSPS) is 21.3. The molecule has 4 unspecified atom stereocenters. The minimum absolute atomic E-state index is 0.272. The number of rotatable bonds is 3. The molecule has 94 valence electrons. The molecule has 0 spiro atoms. The van der Waals surface area contributed by atoms with Crippen LogP contribution < -0.4 is 0 Å². The lowest BCUT2D eigenvalue weighted by molar-refractivity contribution is 0.0407. The maximum atomic E-state index is 6.11. The molecule has 0 saturated carbocycles. The molecule has 0 aliphatic rings. The quantitative estimate of drug-likeness (QED) is 0.593. The topological polar surface area (TPSA) is 0 Å². The fraction of sp³-hybridized carbons (Fsp3) is 1.00. The highest BCUT2D eigenvalue weighted by Crippen LogP contribution is 2.47. The van der Waals surface area contributed by atoms with Gasteiger partial charge >= 0.3 is 0 Å². The van der Waals surface area contributed by atoms with Gasteiger partial charge in [0, 0.05) is 0 Å². The lowest BCUT2D eigenvalue weighted by atomic mass is 9.56. The van der Waals surface area contributed by atoms with E-state index >= 15 is 0 Å². The van der Waals surface area contributed by atoms with Gasteiger partial charge in [-0.25, -0.2) is 0 Å². The molecule has 0 fully saturated rings. The molecule has 0 saturated heterocycles. The van der Waals surface area contributed by atoms with Crippen LogP contribution in [0.5, 0.6) is 0 Å². The van der Waals surface area contributed by atoms with Gasteiger partial charge in [-0.15, -0.1) is 0 Å². The molecule has 0 heterocycles. The van der Waals surface area contributed by atoms with Gasteiger partial charge in [0.15, 0.2) is 0 Å². The monoisotopic (exact) mass is 222 g/mol. The van der Waals surface area contributed by atoms with Gasteiger partial charge in [0.1, 0.15) is 0 Å². The average Bonchev–Trinajstić information content (AvgIpc) is 1.99. The van der Waals surface area contributed by atoms with E-state index < -0.39 is 0 Å². The van der Waals surface area contributed by atoms with Crippen LogP contribution in [0.2, 0.25) is 5.82 Å². The van der Waals surface area contributed by atoms with E-state index in [4.69, 9.17) is 7.85 Å². The summed E-state index contributed by atoms with van der Waals surface area (Å²) in [7, 11) is 6.11. The molecular weight excluding hydrogens is 191 g/mol. The molecule has 1 heteroatoms. The summed E-state index contributed by atoms with van der Waals surface area (Å²) in [6, 6.07) is 0. The Kier molecular flexibility index (Phi) is 5.17. The summed E-state index contributed by atoms with van der Waals surface area (Å²) in [6.45, 7) is 20.9. The Morgan fingerprint density at radius 3 is 1.31 bits per heavy atom. The fourth-order valence-corrected chi connectivity index (χ4v) is 2.86. The fourth-order valence-electron chi connectivity index (χ4n) is 2.86. The standard InChI is InChI=1S/C15H31B/c1-10(12(3)16)13(15(7,8)9)11(2)14(4,5)6/h10-13H,1-9H3. The third kappa shape index (κ3) is 4.15. The van der Waals surface area contributed by atoms with Crippen molar-refractivity contribution in [1.82, 2.24) is 0 Å². The average molecular weight is 222 g/mol. The molecule has 0 rings (SSSR count). The molecule has 2 radical (unpaired) electrons. The minimum Gasteiger partial charge on any atom is -0.0774 e. The van der Waals surface area contributed by atoms with Gasteiger partial charge < -0.3 is 0 Å². The highest BCUT2D eigenvalue weighted by molar-refractivity contribution is 6.11. The predicted molar refractivity (Wildman–Crippen MR) is 75.9 cm³/mol. The Morgan fingerprint density at radius 1 is 0.750 bits per heavy atom. The summed E-state index contributed by atoms with van der Waals surface area (Å²) in [5.74, 6) is 2.17. The predicted octanol–water partition coefficient (Wildman–Crippen LogP) is 4.94. The first-order valence-corrected chi connectivity index (χ1v) is 6.64. The van der Waals surface area contributed by atoms with E-state index in [9.17, 15) is 0 Å². The summed E-state index contributed by atoms with van der Waals surface area (Å²) < 4.78 is 0. The van der Waals surface area contributed by atoms with Crippen molar-refractivity contribution in [2.45, 2.75) is 68.1 Å². The Hall–Kier alpha value is 0.0649. The van der Waals surface area contributed by atoms with Crippen LogP contribution in [-0.2, 0) is 0 Å². The van der Waals surface area contributed by atoms with Gasteiger partial charge in [-0.3, -0.25) is 0 Å². The molecule has 0 aliphatic carbocycles. The second-order valence-electron chi connectivity index (χ2n) is 7.76. The van der Waals surface area contributed by atoms with Gasteiger partial charge in [0.2, 0.25) is 0 Å². The van der Waals surface area contributed by atoms with E-state index in [2.05, 4.69) is 62.3 Å². The molecule has 0 nitrogen and oxygen atoms in total. The third-order valence-corrected chi connectivity index (χ3v) is 4.30. The van der Waals surface area contributed by atoms with E-state index in [1.165, 1.54) is 0 Å². The van der Waals surface area contributed by atoms with Crippen molar-refractivity contribution in [3.05, 3.63) is 0 Å². The van der Waals surface area contributed by atoms with Gasteiger partial charge in [-0.2, -0.15) is 0 Å². The van der Waals surface area contributed by atoms with Crippen LogP contribution in [0.1, 0.15) is 62.3 Å². The Bertz CT molecular complexity index is 204. The Labute approximate surface area is 105 Å². The van der Waals surface area contributed by atoms with E-state index in [-0.39, 0.29) is 5.82 Å². The second-order valence-corrected chi connectivity index (χ2v) is 7.76. The molecule has 0 N–H and O–H groups in total. The van der Waals surface area contributed by atoms with Crippen molar-refractivity contribution >= 4 is 7.85 Å².